The highest BCUT2D eigenvalue weighted by atomic mass is 35.5. The van der Waals surface area contributed by atoms with E-state index in [0.29, 0.717) is 0 Å². The van der Waals surface area contributed by atoms with E-state index in [0.717, 1.165) is 27.7 Å². The van der Waals surface area contributed by atoms with E-state index in [9.17, 15) is 5.11 Å². The van der Waals surface area contributed by atoms with Crippen LogP contribution in [0.15, 0.2) is 54.6 Å². The molecule has 1 fully saturated rings. The molecule has 1 saturated heterocycles. The minimum Gasteiger partial charge on any atom is -0.386 e. The molecule has 0 spiro atoms. The molecule has 1 heterocycles. The average molecular weight is 337 g/mol. The van der Waals surface area contributed by atoms with Crippen molar-refractivity contribution >= 4 is 35.1 Å². The van der Waals surface area contributed by atoms with Crippen LogP contribution in [0.1, 0.15) is 23.7 Å². The van der Waals surface area contributed by atoms with Crippen molar-refractivity contribution in [2.45, 2.75) is 16.6 Å². The van der Waals surface area contributed by atoms with Gasteiger partial charge in [-0.3, -0.25) is 0 Å². The predicted molar refractivity (Wildman–Crippen MR) is 94.1 cm³/mol. The van der Waals surface area contributed by atoms with Gasteiger partial charge in [0, 0.05) is 5.02 Å². The lowest BCUT2D eigenvalue weighted by Gasteiger charge is -2.40. The minimum atomic E-state index is -0.532. The Morgan fingerprint density at radius 2 is 1.57 bits per heavy atom. The van der Waals surface area contributed by atoms with Crippen LogP contribution in [0.25, 0.3) is 0 Å². The van der Waals surface area contributed by atoms with E-state index in [1.54, 1.807) is 0 Å². The number of benzene rings is 2. The second-order valence-electron chi connectivity index (χ2n) is 5.04. The third kappa shape index (κ3) is 3.11. The Labute approximate surface area is 139 Å². The molecule has 0 amide bonds. The molecule has 2 aromatic rings. The lowest BCUT2D eigenvalue weighted by Crippen LogP contribution is -2.30. The van der Waals surface area contributed by atoms with Gasteiger partial charge < -0.3 is 5.11 Å². The summed E-state index contributed by atoms with van der Waals surface area (Å²) in [5.74, 6) is 2.14. The van der Waals surface area contributed by atoms with Crippen LogP contribution in [0.5, 0.6) is 0 Å². The summed E-state index contributed by atoms with van der Waals surface area (Å²) in [5, 5.41) is 11.8. The Hall–Kier alpha value is -0.610. The number of halogens is 1. The summed E-state index contributed by atoms with van der Waals surface area (Å²) < 4.78 is -0.343. The molecule has 0 radical (unpaired) electrons. The molecular weight excluding hydrogens is 320 g/mol. The predicted octanol–water partition coefficient (Wildman–Crippen LogP) is 5.10. The van der Waals surface area contributed by atoms with Crippen LogP contribution in [0.3, 0.4) is 0 Å². The first-order chi connectivity index (χ1) is 10.2. The van der Waals surface area contributed by atoms with Crippen LogP contribution in [-0.4, -0.2) is 16.6 Å². The third-order valence-electron chi connectivity index (χ3n) is 3.64. The molecule has 21 heavy (non-hydrogen) atoms. The number of aliphatic hydroxyl groups is 1. The number of rotatable bonds is 3. The number of thioether (sulfide) groups is 2. The molecule has 1 nitrogen and oxygen atoms in total. The number of hydrogen-bond acceptors (Lipinski definition) is 3. The van der Waals surface area contributed by atoms with Crippen molar-refractivity contribution in [3.05, 3.63) is 70.7 Å². The van der Waals surface area contributed by atoms with E-state index in [-0.39, 0.29) is 4.08 Å². The topological polar surface area (TPSA) is 20.2 Å². The SMILES string of the molecule is OC(c1ccccc1)C1(c2ccc(Cl)cc2)SCCCS1. The smallest absolute Gasteiger partial charge is 0.116 e. The van der Waals surface area contributed by atoms with Gasteiger partial charge >= 0.3 is 0 Å². The monoisotopic (exact) mass is 336 g/mol. The van der Waals surface area contributed by atoms with Crippen molar-refractivity contribution in [2.75, 3.05) is 11.5 Å². The summed E-state index contributed by atoms with van der Waals surface area (Å²) in [6, 6.07) is 17.8. The average Bonchev–Trinajstić information content (AvgIpc) is 2.56. The highest BCUT2D eigenvalue weighted by Gasteiger charge is 2.43. The van der Waals surface area contributed by atoms with Crippen molar-refractivity contribution in [1.82, 2.24) is 0 Å². The van der Waals surface area contributed by atoms with Gasteiger partial charge in [0.05, 0.1) is 0 Å². The maximum atomic E-state index is 11.0. The molecule has 4 heteroatoms. The molecule has 0 aliphatic carbocycles. The molecule has 2 aromatic carbocycles. The molecule has 3 rings (SSSR count). The van der Waals surface area contributed by atoms with Crippen molar-refractivity contribution in [3.8, 4) is 0 Å². The molecule has 1 unspecified atom stereocenters. The minimum absolute atomic E-state index is 0.343. The molecular formula is C17H17ClOS2. The van der Waals surface area contributed by atoms with Gasteiger partial charge in [-0.1, -0.05) is 54.1 Å². The zero-order chi connectivity index (χ0) is 14.7. The summed E-state index contributed by atoms with van der Waals surface area (Å²) in [5.41, 5.74) is 2.10. The molecule has 0 bridgehead atoms. The van der Waals surface area contributed by atoms with Crippen molar-refractivity contribution < 1.29 is 5.11 Å². The van der Waals surface area contributed by atoms with Crippen LogP contribution in [0.4, 0.5) is 0 Å². The Kier molecular flexibility index (Phi) is 4.85. The lowest BCUT2D eigenvalue weighted by molar-refractivity contribution is 0.163. The second-order valence-corrected chi connectivity index (χ2v) is 8.41. The first kappa shape index (κ1) is 15.3. The fraction of sp³-hybridized carbons (Fsp3) is 0.294. The number of aliphatic hydroxyl groups excluding tert-OH is 1. The molecule has 1 N–H and O–H groups in total. The maximum absolute atomic E-state index is 11.0. The first-order valence-corrected chi connectivity index (χ1v) is 9.34. The Balaban J connectivity index is 2.02. The fourth-order valence-electron chi connectivity index (χ4n) is 2.57. The van der Waals surface area contributed by atoms with E-state index in [1.807, 2.05) is 78.1 Å². The van der Waals surface area contributed by atoms with Crippen LogP contribution < -0.4 is 0 Å². The van der Waals surface area contributed by atoms with E-state index in [2.05, 4.69) is 0 Å². The maximum Gasteiger partial charge on any atom is 0.116 e. The van der Waals surface area contributed by atoms with Crippen molar-refractivity contribution in [2.24, 2.45) is 0 Å². The van der Waals surface area contributed by atoms with E-state index in [1.165, 1.54) is 6.42 Å². The molecule has 1 aliphatic rings. The summed E-state index contributed by atoms with van der Waals surface area (Å²) in [4.78, 5) is 0. The zero-order valence-electron chi connectivity index (χ0n) is 11.5. The zero-order valence-corrected chi connectivity index (χ0v) is 13.9. The van der Waals surface area contributed by atoms with Crippen LogP contribution in [0, 0.1) is 0 Å². The number of hydrogen-bond donors (Lipinski definition) is 1. The summed E-state index contributed by atoms with van der Waals surface area (Å²) in [6.45, 7) is 0. The van der Waals surface area contributed by atoms with Crippen LogP contribution in [-0.2, 0) is 4.08 Å². The Bertz CT molecular complexity index is 579. The van der Waals surface area contributed by atoms with Crippen LogP contribution in [0.2, 0.25) is 5.02 Å². The molecule has 0 saturated carbocycles. The van der Waals surface area contributed by atoms with Crippen molar-refractivity contribution in [3.63, 3.8) is 0 Å². The van der Waals surface area contributed by atoms with Gasteiger partial charge in [0.1, 0.15) is 10.2 Å². The summed E-state index contributed by atoms with van der Waals surface area (Å²) in [7, 11) is 0. The first-order valence-electron chi connectivity index (χ1n) is 6.99. The molecule has 0 aromatic heterocycles. The van der Waals surface area contributed by atoms with Gasteiger partial charge in [-0.05, 0) is 41.2 Å². The molecule has 1 atom stereocenters. The van der Waals surface area contributed by atoms with Gasteiger partial charge in [0.2, 0.25) is 0 Å². The quantitative estimate of drug-likeness (QED) is 0.842. The fourth-order valence-corrected chi connectivity index (χ4v) is 6.09. The van der Waals surface area contributed by atoms with Gasteiger partial charge in [0.25, 0.3) is 0 Å². The van der Waals surface area contributed by atoms with Gasteiger partial charge in [-0.2, -0.15) is 0 Å². The van der Waals surface area contributed by atoms with E-state index >= 15 is 0 Å². The van der Waals surface area contributed by atoms with E-state index < -0.39 is 6.10 Å². The Morgan fingerprint density at radius 3 is 2.19 bits per heavy atom. The van der Waals surface area contributed by atoms with E-state index in [4.69, 9.17) is 11.6 Å². The molecule has 110 valence electrons. The van der Waals surface area contributed by atoms with Crippen LogP contribution >= 0.6 is 35.1 Å². The normalized spacial score (nSPS) is 19.1. The van der Waals surface area contributed by atoms with Gasteiger partial charge in [0.15, 0.2) is 0 Å². The summed E-state index contributed by atoms with van der Waals surface area (Å²) in [6.07, 6.45) is 0.654. The second kappa shape index (κ2) is 6.66. The van der Waals surface area contributed by atoms with Gasteiger partial charge in [-0.25, -0.2) is 0 Å². The van der Waals surface area contributed by atoms with Gasteiger partial charge in [-0.15, -0.1) is 23.5 Å². The summed E-state index contributed by atoms with van der Waals surface area (Å²) >= 11 is 9.70. The molecule has 1 aliphatic heterocycles. The third-order valence-corrected chi connectivity index (χ3v) is 7.36. The van der Waals surface area contributed by atoms with Crippen molar-refractivity contribution in [1.29, 1.82) is 0 Å². The standard InChI is InChI=1S/C17H17ClOS2/c18-15-9-7-14(8-10-15)17(20-11-4-12-21-17)16(19)13-5-2-1-3-6-13/h1-3,5-10,16,19H,4,11-12H2. The Morgan fingerprint density at radius 1 is 0.952 bits per heavy atom. The largest absolute Gasteiger partial charge is 0.386 e. The highest BCUT2D eigenvalue weighted by molar-refractivity contribution is 8.18. The lowest BCUT2D eigenvalue weighted by atomic mass is 10.00. The highest BCUT2D eigenvalue weighted by Crippen LogP contribution is 2.57.